The van der Waals surface area contributed by atoms with Crippen molar-refractivity contribution in [2.45, 2.75) is 26.3 Å². The Morgan fingerprint density at radius 3 is 2.72 bits per heavy atom. The molecule has 1 heterocycles. The Morgan fingerprint density at radius 1 is 1.50 bits per heavy atom. The first-order valence-electron chi connectivity index (χ1n) is 5.70. The highest BCUT2D eigenvalue weighted by Crippen LogP contribution is 2.31. The summed E-state index contributed by atoms with van der Waals surface area (Å²) in [6, 6.07) is 3.84. The number of nitriles is 1. The van der Waals surface area contributed by atoms with Crippen molar-refractivity contribution >= 4 is 34.8 Å². The fraction of sp³-hybridized carbons (Fsp3) is 0.500. The molecule has 0 aromatic carbocycles. The van der Waals surface area contributed by atoms with E-state index in [1.807, 2.05) is 25.8 Å². The first kappa shape index (κ1) is 14.9. The van der Waals surface area contributed by atoms with Crippen LogP contribution in [0.1, 0.15) is 20.3 Å². The Balaban J connectivity index is 3.08. The number of anilines is 2. The van der Waals surface area contributed by atoms with Crippen LogP contribution in [0.4, 0.5) is 11.6 Å². The van der Waals surface area contributed by atoms with Crippen molar-refractivity contribution < 1.29 is 0 Å². The van der Waals surface area contributed by atoms with Crippen molar-refractivity contribution in [2.75, 3.05) is 23.8 Å². The summed E-state index contributed by atoms with van der Waals surface area (Å²) in [6.45, 7) is 4.64. The highest BCUT2D eigenvalue weighted by Gasteiger charge is 2.16. The number of hydrogen-bond donors (Lipinski definition) is 1. The van der Waals surface area contributed by atoms with E-state index in [9.17, 15) is 0 Å². The summed E-state index contributed by atoms with van der Waals surface area (Å²) < 4.78 is 0. The molecule has 1 atom stereocenters. The van der Waals surface area contributed by atoms with E-state index in [1.54, 1.807) is 6.07 Å². The van der Waals surface area contributed by atoms with E-state index in [0.717, 1.165) is 6.54 Å². The summed E-state index contributed by atoms with van der Waals surface area (Å²) >= 11 is 12.2. The van der Waals surface area contributed by atoms with Gasteiger partial charge in [-0.1, -0.05) is 23.2 Å². The molecule has 4 nitrogen and oxygen atoms in total. The smallest absolute Gasteiger partial charge is 0.149 e. The van der Waals surface area contributed by atoms with Crippen molar-refractivity contribution in [2.24, 2.45) is 0 Å². The molecule has 1 aromatic rings. The SMILES string of the molecule is CCNc1nc(N(C)C(C)CC#N)c(Cl)cc1Cl. The van der Waals surface area contributed by atoms with Gasteiger partial charge in [0, 0.05) is 19.6 Å². The van der Waals surface area contributed by atoms with Crippen LogP contribution in [-0.4, -0.2) is 24.6 Å². The van der Waals surface area contributed by atoms with E-state index in [0.29, 0.717) is 28.1 Å². The van der Waals surface area contributed by atoms with Crippen LogP contribution in [0.25, 0.3) is 0 Å². The molecule has 18 heavy (non-hydrogen) atoms. The zero-order valence-corrected chi connectivity index (χ0v) is 12.2. The average Bonchev–Trinajstić information content (AvgIpc) is 2.32. The minimum atomic E-state index is 0.0376. The molecular weight excluding hydrogens is 271 g/mol. The second-order valence-corrected chi connectivity index (χ2v) is 4.79. The second kappa shape index (κ2) is 6.67. The molecule has 1 N–H and O–H groups in total. The van der Waals surface area contributed by atoms with Gasteiger partial charge in [-0.3, -0.25) is 0 Å². The van der Waals surface area contributed by atoms with E-state index >= 15 is 0 Å². The molecule has 0 saturated carbocycles. The van der Waals surface area contributed by atoms with E-state index in [4.69, 9.17) is 28.5 Å². The highest BCUT2D eigenvalue weighted by molar-refractivity contribution is 6.37. The molecule has 1 aromatic heterocycles. The van der Waals surface area contributed by atoms with Crippen LogP contribution >= 0.6 is 23.2 Å². The van der Waals surface area contributed by atoms with Gasteiger partial charge in [-0.25, -0.2) is 4.98 Å². The van der Waals surface area contributed by atoms with Gasteiger partial charge in [-0.2, -0.15) is 5.26 Å². The first-order chi connectivity index (χ1) is 8.51. The summed E-state index contributed by atoms with van der Waals surface area (Å²) in [5, 5.41) is 12.8. The van der Waals surface area contributed by atoms with Gasteiger partial charge in [0.05, 0.1) is 22.5 Å². The van der Waals surface area contributed by atoms with Gasteiger partial charge >= 0.3 is 0 Å². The topological polar surface area (TPSA) is 52.0 Å². The van der Waals surface area contributed by atoms with Crippen molar-refractivity contribution in [3.8, 4) is 6.07 Å². The lowest BCUT2D eigenvalue weighted by atomic mass is 10.2. The third kappa shape index (κ3) is 3.41. The highest BCUT2D eigenvalue weighted by atomic mass is 35.5. The summed E-state index contributed by atoms with van der Waals surface area (Å²) in [4.78, 5) is 6.28. The fourth-order valence-electron chi connectivity index (χ4n) is 1.47. The van der Waals surface area contributed by atoms with Crippen molar-refractivity contribution in [3.63, 3.8) is 0 Å². The molecule has 6 heteroatoms. The van der Waals surface area contributed by atoms with Gasteiger partial charge in [0.2, 0.25) is 0 Å². The number of hydrogen-bond acceptors (Lipinski definition) is 4. The zero-order valence-electron chi connectivity index (χ0n) is 10.7. The monoisotopic (exact) mass is 286 g/mol. The van der Waals surface area contributed by atoms with Crippen LogP contribution in [0.15, 0.2) is 6.07 Å². The number of pyridine rings is 1. The maximum absolute atomic E-state index is 8.72. The van der Waals surface area contributed by atoms with Crippen LogP contribution in [0, 0.1) is 11.3 Å². The maximum atomic E-state index is 8.72. The molecule has 0 aliphatic rings. The third-order valence-corrected chi connectivity index (χ3v) is 3.20. The van der Waals surface area contributed by atoms with Gasteiger partial charge in [0.15, 0.2) is 0 Å². The average molecular weight is 287 g/mol. The largest absolute Gasteiger partial charge is 0.369 e. The number of rotatable bonds is 5. The van der Waals surface area contributed by atoms with Crippen molar-refractivity contribution in [1.82, 2.24) is 4.98 Å². The maximum Gasteiger partial charge on any atom is 0.149 e. The van der Waals surface area contributed by atoms with E-state index < -0.39 is 0 Å². The fourth-order valence-corrected chi connectivity index (χ4v) is 2.03. The lowest BCUT2D eigenvalue weighted by Crippen LogP contribution is -2.29. The lowest BCUT2D eigenvalue weighted by Gasteiger charge is -2.25. The van der Waals surface area contributed by atoms with Gasteiger partial charge in [-0.05, 0) is 19.9 Å². The quantitative estimate of drug-likeness (QED) is 0.899. The number of halogens is 2. The summed E-state index contributed by atoms with van der Waals surface area (Å²) in [6.07, 6.45) is 0.410. The molecular formula is C12H16Cl2N4. The van der Waals surface area contributed by atoms with Gasteiger partial charge in [0.25, 0.3) is 0 Å². The third-order valence-electron chi connectivity index (χ3n) is 2.64. The molecule has 0 amide bonds. The Bertz CT molecular complexity index is 456. The Morgan fingerprint density at radius 2 is 2.17 bits per heavy atom. The summed E-state index contributed by atoms with van der Waals surface area (Å²) in [7, 11) is 1.86. The molecule has 0 saturated heterocycles. The van der Waals surface area contributed by atoms with Crippen LogP contribution in [0.3, 0.4) is 0 Å². The molecule has 1 rings (SSSR count). The Kier molecular flexibility index (Phi) is 5.52. The second-order valence-electron chi connectivity index (χ2n) is 3.98. The predicted octanol–water partition coefficient (Wildman–Crippen LogP) is 3.56. The van der Waals surface area contributed by atoms with Gasteiger partial charge in [-0.15, -0.1) is 0 Å². The van der Waals surface area contributed by atoms with Crippen molar-refractivity contribution in [1.29, 1.82) is 5.26 Å². The lowest BCUT2D eigenvalue weighted by molar-refractivity contribution is 0.694. The summed E-state index contributed by atoms with van der Waals surface area (Å²) in [5.74, 6) is 1.23. The number of nitrogens with one attached hydrogen (secondary N) is 1. The van der Waals surface area contributed by atoms with Gasteiger partial charge in [0.1, 0.15) is 11.6 Å². The molecule has 1 unspecified atom stereocenters. The molecule has 98 valence electrons. The minimum absolute atomic E-state index is 0.0376. The molecule has 0 radical (unpaired) electrons. The normalized spacial score (nSPS) is 11.8. The zero-order chi connectivity index (χ0) is 13.7. The van der Waals surface area contributed by atoms with E-state index in [2.05, 4.69) is 16.4 Å². The Labute approximate surface area is 118 Å². The first-order valence-corrected chi connectivity index (χ1v) is 6.46. The van der Waals surface area contributed by atoms with Crippen LogP contribution in [0.2, 0.25) is 10.0 Å². The summed E-state index contributed by atoms with van der Waals surface area (Å²) in [5.41, 5.74) is 0. The number of nitrogens with zero attached hydrogens (tertiary/aromatic N) is 3. The molecule has 0 aliphatic carbocycles. The Hall–Kier alpha value is -1.18. The van der Waals surface area contributed by atoms with E-state index in [1.165, 1.54) is 0 Å². The van der Waals surface area contributed by atoms with E-state index in [-0.39, 0.29) is 6.04 Å². The van der Waals surface area contributed by atoms with Crippen LogP contribution < -0.4 is 10.2 Å². The predicted molar refractivity (Wildman–Crippen MR) is 76.5 cm³/mol. The standard InChI is InChI=1S/C12H16Cl2N4/c1-4-16-11-9(13)7-10(14)12(17-11)18(3)8(2)5-6-15/h7-8H,4-5H2,1-3H3,(H,16,17). The van der Waals surface area contributed by atoms with Crippen molar-refractivity contribution in [3.05, 3.63) is 16.1 Å². The molecule has 0 spiro atoms. The molecule has 0 bridgehead atoms. The molecule has 0 aliphatic heterocycles. The number of aromatic nitrogens is 1. The van der Waals surface area contributed by atoms with Crippen LogP contribution in [-0.2, 0) is 0 Å². The van der Waals surface area contributed by atoms with Crippen LogP contribution in [0.5, 0.6) is 0 Å². The minimum Gasteiger partial charge on any atom is -0.369 e. The van der Waals surface area contributed by atoms with Gasteiger partial charge < -0.3 is 10.2 Å². The molecule has 0 fully saturated rings.